The number of non-ortho nitro benzene ring substituents is 1. The van der Waals surface area contributed by atoms with Gasteiger partial charge in [0.1, 0.15) is 18.1 Å². The molecule has 0 bridgehead atoms. The molecule has 1 atom stereocenters. The van der Waals surface area contributed by atoms with Crippen molar-refractivity contribution in [2.75, 3.05) is 6.61 Å². The molecule has 0 aliphatic rings. The molecule has 8 nitrogen and oxygen atoms in total. The number of ether oxygens (including phenoxy) is 2. The third-order valence-corrected chi connectivity index (χ3v) is 3.38. The Morgan fingerprint density at radius 3 is 2.67 bits per heavy atom. The molecule has 8 heteroatoms. The first-order valence-corrected chi connectivity index (χ1v) is 8.08. The molecule has 0 unspecified atom stereocenters. The lowest BCUT2D eigenvalue weighted by Crippen LogP contribution is -2.33. The minimum Gasteiger partial charge on any atom is -0.489 e. The Morgan fingerprint density at radius 2 is 2.00 bits per heavy atom. The normalized spacial score (nSPS) is 11.6. The first kappa shape index (κ1) is 19.6. The summed E-state index contributed by atoms with van der Waals surface area (Å²) in [5.41, 5.74) is 3.03. The van der Waals surface area contributed by atoms with Gasteiger partial charge in [-0.2, -0.15) is 5.10 Å². The third kappa shape index (κ3) is 5.96. The molecule has 2 aromatic carbocycles. The maximum Gasteiger partial charge on any atom is 0.280 e. The number of amides is 1. The van der Waals surface area contributed by atoms with Crippen molar-refractivity contribution < 1.29 is 19.2 Å². The van der Waals surface area contributed by atoms with E-state index in [4.69, 9.17) is 9.47 Å². The van der Waals surface area contributed by atoms with Crippen molar-refractivity contribution in [1.82, 2.24) is 5.43 Å². The fourth-order valence-electron chi connectivity index (χ4n) is 2.03. The zero-order valence-electron chi connectivity index (χ0n) is 14.7. The summed E-state index contributed by atoms with van der Waals surface area (Å²) in [5.74, 6) is 0.495. The van der Waals surface area contributed by atoms with Crippen LogP contribution in [-0.4, -0.2) is 29.8 Å². The van der Waals surface area contributed by atoms with E-state index in [2.05, 4.69) is 17.1 Å². The van der Waals surface area contributed by atoms with E-state index in [0.717, 1.165) is 0 Å². The summed E-state index contributed by atoms with van der Waals surface area (Å²) in [4.78, 5) is 22.2. The van der Waals surface area contributed by atoms with Crippen molar-refractivity contribution in [3.63, 3.8) is 0 Å². The number of carbonyl (C=O) groups is 1. The van der Waals surface area contributed by atoms with Gasteiger partial charge in [-0.25, -0.2) is 5.43 Å². The molecular weight excluding hydrogens is 350 g/mol. The largest absolute Gasteiger partial charge is 0.489 e. The average Bonchev–Trinajstić information content (AvgIpc) is 2.67. The molecule has 140 valence electrons. The van der Waals surface area contributed by atoms with E-state index in [1.54, 1.807) is 25.1 Å². The van der Waals surface area contributed by atoms with E-state index in [0.29, 0.717) is 23.7 Å². The highest BCUT2D eigenvalue weighted by atomic mass is 16.6. The van der Waals surface area contributed by atoms with Crippen LogP contribution in [0.1, 0.15) is 12.5 Å². The van der Waals surface area contributed by atoms with E-state index in [-0.39, 0.29) is 5.69 Å². The number of hydrogen-bond donors (Lipinski definition) is 1. The number of carbonyl (C=O) groups excluding carboxylic acids is 1. The van der Waals surface area contributed by atoms with E-state index in [1.807, 2.05) is 12.1 Å². The number of nitro benzene ring substituents is 1. The van der Waals surface area contributed by atoms with Gasteiger partial charge in [0.2, 0.25) is 0 Å². The standard InChI is InChI=1S/C19H19N3O5/c1-3-12-26-18-7-5-4-6-15(18)13-20-21-19(23)14(2)27-17-10-8-16(9-11-17)22(24)25/h3-11,13-14H,1,12H2,2H3,(H,21,23)/b20-13-/t14-/m1/s1. The monoisotopic (exact) mass is 369 g/mol. The van der Waals surface area contributed by atoms with Crippen LogP contribution in [0.4, 0.5) is 5.69 Å². The minimum absolute atomic E-state index is 0.0543. The van der Waals surface area contributed by atoms with Gasteiger partial charge in [0.25, 0.3) is 11.6 Å². The Balaban J connectivity index is 1.92. The zero-order chi connectivity index (χ0) is 19.6. The lowest BCUT2D eigenvalue weighted by Gasteiger charge is -2.12. The van der Waals surface area contributed by atoms with Gasteiger partial charge in [-0.05, 0) is 31.2 Å². The molecule has 0 aliphatic carbocycles. The molecule has 0 spiro atoms. The van der Waals surface area contributed by atoms with Gasteiger partial charge >= 0.3 is 0 Å². The SMILES string of the molecule is C=CCOc1ccccc1/C=N\NC(=O)[C@@H](C)Oc1ccc([N+](=O)[O-])cc1. The van der Waals surface area contributed by atoms with Gasteiger partial charge in [-0.15, -0.1) is 0 Å². The van der Waals surface area contributed by atoms with Crippen LogP contribution in [0, 0.1) is 10.1 Å². The maximum absolute atomic E-state index is 12.1. The summed E-state index contributed by atoms with van der Waals surface area (Å²) in [5, 5.41) is 14.5. The number of nitrogens with one attached hydrogen (secondary N) is 1. The maximum atomic E-state index is 12.1. The van der Waals surface area contributed by atoms with Crippen LogP contribution < -0.4 is 14.9 Å². The fraction of sp³-hybridized carbons (Fsp3) is 0.158. The van der Waals surface area contributed by atoms with Crippen molar-refractivity contribution in [3.05, 3.63) is 76.9 Å². The number of nitrogens with zero attached hydrogens (tertiary/aromatic N) is 2. The van der Waals surface area contributed by atoms with Gasteiger partial charge in [0, 0.05) is 17.7 Å². The predicted molar refractivity (Wildman–Crippen MR) is 101 cm³/mol. The van der Waals surface area contributed by atoms with Gasteiger partial charge in [0.05, 0.1) is 11.1 Å². The summed E-state index contributed by atoms with van der Waals surface area (Å²) in [6, 6.07) is 12.7. The molecule has 0 aliphatic heterocycles. The van der Waals surface area contributed by atoms with Gasteiger partial charge in [0.15, 0.2) is 6.10 Å². The van der Waals surface area contributed by atoms with Crippen LogP contribution in [0.5, 0.6) is 11.5 Å². The lowest BCUT2D eigenvalue weighted by atomic mass is 10.2. The molecule has 0 saturated heterocycles. The molecule has 27 heavy (non-hydrogen) atoms. The Hall–Kier alpha value is -3.68. The topological polar surface area (TPSA) is 103 Å². The zero-order valence-corrected chi connectivity index (χ0v) is 14.7. The summed E-state index contributed by atoms with van der Waals surface area (Å²) in [6.45, 7) is 5.50. The van der Waals surface area contributed by atoms with Gasteiger partial charge in [-0.3, -0.25) is 14.9 Å². The highest BCUT2D eigenvalue weighted by molar-refractivity contribution is 5.86. The van der Waals surface area contributed by atoms with Crippen LogP contribution in [0.25, 0.3) is 0 Å². The van der Waals surface area contributed by atoms with Crippen LogP contribution in [0.3, 0.4) is 0 Å². The summed E-state index contributed by atoms with van der Waals surface area (Å²) in [6.07, 6.45) is 2.26. The third-order valence-electron chi connectivity index (χ3n) is 3.38. The first-order chi connectivity index (χ1) is 13.0. The van der Waals surface area contributed by atoms with Crippen molar-refractivity contribution in [1.29, 1.82) is 0 Å². The molecule has 0 aromatic heterocycles. The van der Waals surface area contributed by atoms with E-state index in [1.165, 1.54) is 30.5 Å². The molecule has 1 amide bonds. The molecular formula is C19H19N3O5. The minimum atomic E-state index is -0.837. The Kier molecular flexibility index (Phi) is 7.07. The number of nitro groups is 1. The quantitative estimate of drug-likeness (QED) is 0.317. The number of hydrogen-bond acceptors (Lipinski definition) is 6. The number of rotatable bonds is 9. The molecule has 1 N–H and O–H groups in total. The fourth-order valence-corrected chi connectivity index (χ4v) is 2.03. The summed E-state index contributed by atoms with van der Waals surface area (Å²) < 4.78 is 10.9. The van der Waals surface area contributed by atoms with E-state index in [9.17, 15) is 14.9 Å². The molecule has 0 radical (unpaired) electrons. The summed E-state index contributed by atoms with van der Waals surface area (Å²) >= 11 is 0. The van der Waals surface area contributed by atoms with Gasteiger partial charge in [-0.1, -0.05) is 24.8 Å². The number of para-hydroxylation sites is 1. The highest BCUT2D eigenvalue weighted by Crippen LogP contribution is 2.18. The second kappa shape index (κ2) is 9.71. The van der Waals surface area contributed by atoms with E-state index >= 15 is 0 Å². The van der Waals surface area contributed by atoms with Crippen LogP contribution in [0.15, 0.2) is 66.3 Å². The van der Waals surface area contributed by atoms with Crippen LogP contribution >= 0.6 is 0 Å². The first-order valence-electron chi connectivity index (χ1n) is 8.08. The second-order valence-electron chi connectivity index (χ2n) is 5.38. The van der Waals surface area contributed by atoms with Crippen molar-refractivity contribution in [2.24, 2.45) is 5.10 Å². The molecule has 0 heterocycles. The summed E-state index contributed by atoms with van der Waals surface area (Å²) in [7, 11) is 0. The Labute approximate surface area is 156 Å². The predicted octanol–water partition coefficient (Wildman–Crippen LogP) is 3.08. The van der Waals surface area contributed by atoms with Crippen LogP contribution in [0.2, 0.25) is 0 Å². The lowest BCUT2D eigenvalue weighted by molar-refractivity contribution is -0.384. The van der Waals surface area contributed by atoms with Gasteiger partial charge < -0.3 is 9.47 Å². The molecule has 0 saturated carbocycles. The Morgan fingerprint density at radius 1 is 1.30 bits per heavy atom. The van der Waals surface area contributed by atoms with Crippen molar-refractivity contribution in [2.45, 2.75) is 13.0 Å². The Bertz CT molecular complexity index is 833. The van der Waals surface area contributed by atoms with Crippen molar-refractivity contribution in [3.8, 4) is 11.5 Å². The molecule has 2 rings (SSSR count). The molecule has 0 fully saturated rings. The highest BCUT2D eigenvalue weighted by Gasteiger charge is 2.14. The average molecular weight is 369 g/mol. The van der Waals surface area contributed by atoms with E-state index < -0.39 is 16.9 Å². The molecule has 2 aromatic rings. The number of benzene rings is 2. The second-order valence-corrected chi connectivity index (χ2v) is 5.38. The van der Waals surface area contributed by atoms with Crippen LogP contribution in [-0.2, 0) is 4.79 Å². The smallest absolute Gasteiger partial charge is 0.280 e. The number of hydrazone groups is 1. The van der Waals surface area contributed by atoms with Crippen molar-refractivity contribution >= 4 is 17.8 Å².